The van der Waals surface area contributed by atoms with E-state index < -0.39 is 52.4 Å². The lowest BCUT2D eigenvalue weighted by Crippen LogP contribution is -2.60. The molecule has 3 aliphatic rings. The summed E-state index contributed by atoms with van der Waals surface area (Å²) >= 11 is 0. The third-order valence-corrected chi connectivity index (χ3v) is 7.64. The molecule has 3 aliphatic heterocycles. The molecule has 3 fully saturated rings. The van der Waals surface area contributed by atoms with E-state index in [1.54, 1.807) is 27.7 Å². The Bertz CT molecular complexity index is 865. The number of carboxylic acids is 1. The van der Waals surface area contributed by atoms with Crippen molar-refractivity contribution in [2.75, 3.05) is 13.2 Å². The van der Waals surface area contributed by atoms with Gasteiger partial charge in [-0.15, -0.1) is 0 Å². The van der Waals surface area contributed by atoms with Gasteiger partial charge >= 0.3 is 16.3 Å². The molecule has 0 radical (unpaired) electrons. The van der Waals surface area contributed by atoms with Crippen molar-refractivity contribution in [2.24, 2.45) is 5.14 Å². The summed E-state index contributed by atoms with van der Waals surface area (Å²) in [4.78, 5) is 10.3. The molecule has 0 saturated carbocycles. The number of hydrogen-bond acceptors (Lipinski definition) is 9. The van der Waals surface area contributed by atoms with E-state index in [-0.39, 0.29) is 12.7 Å². The third kappa shape index (κ3) is 12.6. The van der Waals surface area contributed by atoms with Crippen LogP contribution < -0.4 is 5.14 Å². The van der Waals surface area contributed by atoms with E-state index >= 15 is 0 Å². The summed E-state index contributed by atoms with van der Waals surface area (Å²) in [6.45, 7) is 8.97. The lowest BCUT2D eigenvalue weighted by molar-refractivity contribution is -0.290. The van der Waals surface area contributed by atoms with Crippen molar-refractivity contribution in [3.05, 3.63) is 0 Å². The summed E-state index contributed by atoms with van der Waals surface area (Å²) in [5.41, 5.74) is 0. The van der Waals surface area contributed by atoms with Gasteiger partial charge in [0.25, 0.3) is 0 Å². The smallest absolute Gasteiger partial charge is 0.333 e. The lowest BCUT2D eigenvalue weighted by Gasteiger charge is -2.40. The van der Waals surface area contributed by atoms with Gasteiger partial charge in [0.2, 0.25) is 5.79 Å². The molecule has 0 unspecified atom stereocenters. The van der Waals surface area contributed by atoms with Crippen molar-refractivity contribution in [2.45, 2.75) is 160 Å². The van der Waals surface area contributed by atoms with Crippen molar-refractivity contribution < 1.29 is 46.2 Å². The van der Waals surface area contributed by atoms with Gasteiger partial charge in [0.05, 0.1) is 6.61 Å². The number of ether oxygens (including phenoxy) is 5. The number of unbranched alkanes of at least 4 members (excludes halogenated alkanes) is 12. The summed E-state index contributed by atoms with van der Waals surface area (Å²) in [6, 6.07) is 0. The summed E-state index contributed by atoms with van der Waals surface area (Å²) in [7, 11) is -4.14. The Labute approximate surface area is 241 Å². The first-order chi connectivity index (χ1) is 18.7. The first kappa shape index (κ1) is 35.3. The number of fused-ring (bicyclic) bond motifs is 3. The molecule has 0 spiro atoms. The van der Waals surface area contributed by atoms with Gasteiger partial charge in [-0.2, -0.15) is 8.42 Å². The Morgan fingerprint density at radius 3 is 1.88 bits per heavy atom. The first-order valence-electron chi connectivity index (χ1n) is 15.0. The predicted octanol–water partition coefficient (Wildman–Crippen LogP) is 5.16. The molecule has 236 valence electrons. The zero-order valence-corrected chi connectivity index (χ0v) is 26.0. The van der Waals surface area contributed by atoms with E-state index in [1.807, 2.05) is 0 Å². The van der Waals surface area contributed by atoms with Crippen LogP contribution in [0.1, 0.15) is 125 Å². The van der Waals surface area contributed by atoms with Gasteiger partial charge in [-0.1, -0.05) is 84.0 Å². The van der Waals surface area contributed by atoms with E-state index in [0.717, 1.165) is 12.8 Å². The van der Waals surface area contributed by atoms with Crippen LogP contribution in [0.2, 0.25) is 0 Å². The molecule has 0 bridgehead atoms. The summed E-state index contributed by atoms with van der Waals surface area (Å²) in [6.07, 6.45) is 15.8. The number of carbonyl (C=O) groups is 1. The van der Waals surface area contributed by atoms with Crippen LogP contribution in [0.4, 0.5) is 0 Å². The zero-order valence-electron chi connectivity index (χ0n) is 25.2. The van der Waals surface area contributed by atoms with E-state index in [1.165, 1.54) is 70.6 Å². The summed E-state index contributed by atoms with van der Waals surface area (Å²) in [5, 5.41) is 13.4. The lowest BCUT2D eigenvalue weighted by atomic mass is 9.98. The van der Waals surface area contributed by atoms with Crippen molar-refractivity contribution in [1.29, 1.82) is 0 Å². The Morgan fingerprint density at radius 1 is 0.850 bits per heavy atom. The molecule has 12 heteroatoms. The average Bonchev–Trinajstić information content (AvgIpc) is 3.31. The molecule has 0 aromatic rings. The summed E-state index contributed by atoms with van der Waals surface area (Å²) in [5.74, 6) is -3.85. The van der Waals surface area contributed by atoms with Crippen LogP contribution in [-0.2, 0) is 43.0 Å². The first-order valence-corrected chi connectivity index (χ1v) is 16.4. The Kier molecular flexibility index (Phi) is 14.2. The molecular weight excluding hydrogens is 542 g/mol. The van der Waals surface area contributed by atoms with Gasteiger partial charge in [-0.05, 0) is 34.1 Å². The van der Waals surface area contributed by atoms with Gasteiger partial charge in [-0.25, -0.2) is 5.14 Å². The van der Waals surface area contributed by atoms with E-state index in [4.69, 9.17) is 38.1 Å². The van der Waals surface area contributed by atoms with Crippen LogP contribution in [0, 0.1) is 0 Å². The predicted molar refractivity (Wildman–Crippen MR) is 150 cm³/mol. The highest BCUT2D eigenvalue weighted by atomic mass is 32.2. The van der Waals surface area contributed by atoms with Crippen LogP contribution in [-0.4, -0.2) is 68.4 Å². The Hall–Kier alpha value is -0.860. The second-order valence-corrected chi connectivity index (χ2v) is 13.2. The second-order valence-electron chi connectivity index (χ2n) is 11.9. The molecule has 0 aromatic heterocycles. The maximum Gasteiger partial charge on any atom is 0.333 e. The van der Waals surface area contributed by atoms with E-state index in [2.05, 4.69) is 6.92 Å². The molecule has 3 N–H and O–H groups in total. The van der Waals surface area contributed by atoms with Crippen molar-refractivity contribution >= 4 is 16.3 Å². The van der Waals surface area contributed by atoms with Crippen molar-refractivity contribution in [1.82, 2.24) is 0 Å². The Morgan fingerprint density at radius 2 is 1.38 bits per heavy atom. The van der Waals surface area contributed by atoms with Crippen LogP contribution in [0.5, 0.6) is 0 Å². The average molecular weight is 596 g/mol. The normalized spacial score (nSPS) is 28.4. The molecule has 11 nitrogen and oxygen atoms in total. The van der Waals surface area contributed by atoms with Crippen molar-refractivity contribution in [3.8, 4) is 0 Å². The fraction of sp³-hybridized carbons (Fsp3) is 0.964. The second kappa shape index (κ2) is 16.1. The molecule has 3 rings (SSSR count). The molecule has 3 saturated heterocycles. The number of hydrogen-bond donors (Lipinski definition) is 2. The highest BCUT2D eigenvalue weighted by Crippen LogP contribution is 2.47. The van der Waals surface area contributed by atoms with Crippen LogP contribution in [0.15, 0.2) is 0 Å². The molecule has 0 amide bonds. The summed E-state index contributed by atoms with van der Waals surface area (Å²) < 4.78 is 55.9. The SMILES string of the molecule is CC1(C)O[C@@H]2[C@@H](CO[C@@]3(COS(N)(=O)=O)OC(C)(C)O[C@@H]23)O1.CCCCCCCCCCCCCCCC(=O)O. The standard InChI is InChI=1S/C16H32O2.C12H21NO8S/c1-2-3-4-5-6-7-8-9-10-11-12-13-14-15-16(17)18;1-10(2)18-7-5-16-12(6-17-22(13,14)15)9(8(7)19-10)20-11(3,4)21-12/h2-15H2,1H3,(H,17,18);7-9H,5-6H2,1-4H3,(H2,13,14,15)/t;7-,8-,9+,12+/m.1/s1. The van der Waals surface area contributed by atoms with E-state index in [9.17, 15) is 13.2 Å². The number of carboxylic acid groups (broad SMARTS) is 1. The molecular formula is C28H53NO10S. The van der Waals surface area contributed by atoms with Gasteiger partial charge in [0.1, 0.15) is 24.9 Å². The highest BCUT2D eigenvalue weighted by molar-refractivity contribution is 7.84. The molecule has 0 aliphatic carbocycles. The maximum absolute atomic E-state index is 11.1. The van der Waals surface area contributed by atoms with Crippen LogP contribution >= 0.6 is 0 Å². The molecule has 40 heavy (non-hydrogen) atoms. The minimum absolute atomic E-state index is 0.165. The molecule has 4 atom stereocenters. The fourth-order valence-electron chi connectivity index (χ4n) is 5.41. The number of nitrogens with two attached hydrogens (primary N) is 1. The largest absolute Gasteiger partial charge is 0.481 e. The minimum atomic E-state index is -4.14. The minimum Gasteiger partial charge on any atom is -0.481 e. The van der Waals surface area contributed by atoms with Gasteiger partial charge < -0.3 is 28.8 Å². The van der Waals surface area contributed by atoms with E-state index in [0.29, 0.717) is 6.42 Å². The molecule has 0 aromatic carbocycles. The van der Waals surface area contributed by atoms with Crippen LogP contribution in [0.25, 0.3) is 0 Å². The topological polar surface area (TPSA) is 153 Å². The fourth-order valence-corrected chi connectivity index (χ4v) is 5.73. The Balaban J connectivity index is 0.000000288. The van der Waals surface area contributed by atoms with Gasteiger partial charge in [0.15, 0.2) is 11.6 Å². The molecule has 3 heterocycles. The number of aliphatic carboxylic acids is 1. The van der Waals surface area contributed by atoms with Gasteiger partial charge in [-0.3, -0.25) is 8.98 Å². The maximum atomic E-state index is 11.1. The van der Waals surface area contributed by atoms with Crippen LogP contribution in [0.3, 0.4) is 0 Å². The van der Waals surface area contributed by atoms with Gasteiger partial charge in [0, 0.05) is 6.42 Å². The zero-order chi connectivity index (χ0) is 29.9. The van der Waals surface area contributed by atoms with Crippen molar-refractivity contribution in [3.63, 3.8) is 0 Å². The highest BCUT2D eigenvalue weighted by Gasteiger charge is 2.65. The monoisotopic (exact) mass is 595 g/mol. The third-order valence-electron chi connectivity index (χ3n) is 7.19. The number of rotatable bonds is 17. The quantitative estimate of drug-likeness (QED) is 0.216.